The van der Waals surface area contributed by atoms with E-state index in [9.17, 15) is 4.79 Å². The molecule has 1 heterocycles. The number of fused-ring (bicyclic) bond motifs is 1. The molecule has 6 nitrogen and oxygen atoms in total. The fraction of sp³-hybridized carbons (Fsp3) is 0.111. The number of hydrogen-bond donors (Lipinski definition) is 3. The van der Waals surface area contributed by atoms with Gasteiger partial charge in [0.25, 0.3) is 5.91 Å². The van der Waals surface area contributed by atoms with Crippen LogP contribution >= 0.6 is 12.4 Å². The van der Waals surface area contributed by atoms with E-state index in [1.165, 1.54) is 7.05 Å². The number of carbonyl (C=O) groups excluding carboxylic acids is 1. The lowest BCUT2D eigenvalue weighted by Gasteiger charge is -2.12. The predicted octanol–water partition coefficient (Wildman–Crippen LogP) is 3.13. The maximum atomic E-state index is 12.3. The van der Waals surface area contributed by atoms with Crippen LogP contribution in [0.15, 0.2) is 54.6 Å². The number of aromatic amines is 1. The first kappa shape index (κ1) is 18.4. The maximum Gasteiger partial charge on any atom is 0.276 e. The lowest BCUT2D eigenvalue weighted by atomic mass is 10.2. The van der Waals surface area contributed by atoms with Crippen LogP contribution < -0.4 is 10.5 Å². The van der Waals surface area contributed by atoms with Crippen LogP contribution in [0.25, 0.3) is 10.9 Å². The average molecular weight is 359 g/mol. The van der Waals surface area contributed by atoms with E-state index in [-0.39, 0.29) is 24.3 Å². The second-order valence-corrected chi connectivity index (χ2v) is 5.43. The van der Waals surface area contributed by atoms with E-state index >= 15 is 0 Å². The van der Waals surface area contributed by atoms with Crippen LogP contribution in [0.1, 0.15) is 16.1 Å². The first-order valence-corrected chi connectivity index (χ1v) is 7.47. The molecular weight excluding hydrogens is 340 g/mol. The molecule has 0 aliphatic rings. The van der Waals surface area contributed by atoms with Crippen molar-refractivity contribution in [2.24, 2.45) is 5.73 Å². The number of ether oxygens (including phenoxy) is 1. The molecule has 0 radical (unpaired) electrons. The molecule has 0 spiro atoms. The van der Waals surface area contributed by atoms with Crippen molar-refractivity contribution in [1.29, 1.82) is 5.41 Å². The van der Waals surface area contributed by atoms with E-state index in [0.717, 1.165) is 21.4 Å². The molecule has 0 atom stereocenters. The minimum absolute atomic E-state index is 0. The van der Waals surface area contributed by atoms with Gasteiger partial charge >= 0.3 is 0 Å². The molecule has 1 amide bonds. The number of aromatic nitrogens is 1. The molecule has 0 bridgehead atoms. The Balaban J connectivity index is 0.00000225. The van der Waals surface area contributed by atoms with Crippen LogP contribution in [-0.2, 0) is 6.61 Å². The number of nitrogens with two attached hydrogens (primary N) is 1. The van der Waals surface area contributed by atoms with E-state index in [1.807, 2.05) is 48.5 Å². The van der Waals surface area contributed by atoms with Crippen LogP contribution in [0.5, 0.6) is 5.75 Å². The second-order valence-electron chi connectivity index (χ2n) is 5.43. The number of carbonyl (C=O) groups is 1. The number of benzene rings is 2. The van der Waals surface area contributed by atoms with Gasteiger partial charge < -0.3 is 15.5 Å². The summed E-state index contributed by atoms with van der Waals surface area (Å²) in [7, 11) is 1.46. The van der Waals surface area contributed by atoms with Gasteiger partial charge in [0.2, 0.25) is 0 Å². The smallest absolute Gasteiger partial charge is 0.276 e. The van der Waals surface area contributed by atoms with Gasteiger partial charge in [0.1, 0.15) is 18.1 Å². The highest BCUT2D eigenvalue weighted by molar-refractivity contribution is 6.06. The van der Waals surface area contributed by atoms with Gasteiger partial charge in [-0.2, -0.15) is 0 Å². The third kappa shape index (κ3) is 3.92. The normalized spacial score (nSPS) is 10.1. The van der Waals surface area contributed by atoms with Crippen molar-refractivity contribution in [2.45, 2.75) is 6.61 Å². The van der Waals surface area contributed by atoms with E-state index < -0.39 is 0 Å². The monoisotopic (exact) mass is 358 g/mol. The first-order valence-electron chi connectivity index (χ1n) is 7.47. The highest BCUT2D eigenvalue weighted by Gasteiger charge is 2.17. The minimum Gasteiger partial charge on any atom is -0.487 e. The number of amides is 1. The SMILES string of the molecule is CN(C(=N)N)C(=O)c1cc2cccc(OCc3ccccc3)c2[nH]1.Cl. The lowest BCUT2D eigenvalue weighted by Crippen LogP contribution is -2.38. The number of nitrogens with one attached hydrogen (secondary N) is 2. The van der Waals surface area contributed by atoms with Crippen molar-refractivity contribution in [2.75, 3.05) is 7.05 Å². The molecule has 7 heteroatoms. The van der Waals surface area contributed by atoms with Gasteiger partial charge in [-0.25, -0.2) is 0 Å². The number of halogens is 1. The number of guanidine groups is 1. The summed E-state index contributed by atoms with van der Waals surface area (Å²) in [6.07, 6.45) is 0. The molecule has 1 aromatic heterocycles. The fourth-order valence-electron chi connectivity index (χ4n) is 2.39. The minimum atomic E-state index is -0.368. The van der Waals surface area contributed by atoms with Gasteiger partial charge in [-0.05, 0) is 17.7 Å². The molecular formula is C18H19ClN4O2. The zero-order valence-corrected chi connectivity index (χ0v) is 14.5. The highest BCUT2D eigenvalue weighted by atomic mass is 35.5. The first-order chi connectivity index (χ1) is 11.6. The van der Waals surface area contributed by atoms with E-state index in [4.69, 9.17) is 15.9 Å². The summed E-state index contributed by atoms with van der Waals surface area (Å²) in [4.78, 5) is 16.4. The highest BCUT2D eigenvalue weighted by Crippen LogP contribution is 2.27. The molecule has 130 valence electrons. The standard InChI is InChI=1S/C18H18N4O2.ClH/c1-22(18(19)20)17(23)14-10-13-8-5-9-15(16(13)21-14)24-11-12-6-3-2-4-7-12;/h2-10,21H,11H2,1H3,(H3,19,20);1H. The number of hydrogen-bond acceptors (Lipinski definition) is 3. The van der Waals surface area contributed by atoms with Gasteiger partial charge in [0, 0.05) is 12.4 Å². The van der Waals surface area contributed by atoms with Gasteiger partial charge in [-0.3, -0.25) is 15.1 Å². The number of rotatable bonds is 4. The predicted molar refractivity (Wildman–Crippen MR) is 100 cm³/mol. The molecule has 3 aromatic rings. The van der Waals surface area contributed by atoms with Crippen LogP contribution in [0.4, 0.5) is 0 Å². The summed E-state index contributed by atoms with van der Waals surface area (Å²) in [5.41, 5.74) is 7.53. The van der Waals surface area contributed by atoms with Gasteiger partial charge in [0.15, 0.2) is 5.96 Å². The van der Waals surface area contributed by atoms with Gasteiger partial charge in [-0.15, -0.1) is 12.4 Å². The van der Waals surface area contributed by atoms with Crippen molar-refractivity contribution >= 4 is 35.2 Å². The van der Waals surface area contributed by atoms with Crippen LogP contribution in [-0.4, -0.2) is 28.8 Å². The topological polar surface area (TPSA) is 95.2 Å². The average Bonchev–Trinajstić information content (AvgIpc) is 3.04. The number of para-hydroxylation sites is 1. The molecule has 0 saturated heterocycles. The molecule has 4 N–H and O–H groups in total. The number of H-pyrrole nitrogens is 1. The van der Waals surface area contributed by atoms with Crippen molar-refractivity contribution in [1.82, 2.24) is 9.88 Å². The zero-order valence-electron chi connectivity index (χ0n) is 13.7. The number of nitrogens with zero attached hydrogens (tertiary/aromatic N) is 1. The Morgan fingerprint density at radius 3 is 2.60 bits per heavy atom. The fourth-order valence-corrected chi connectivity index (χ4v) is 2.39. The Kier molecular flexibility index (Phi) is 5.67. The Morgan fingerprint density at radius 2 is 1.92 bits per heavy atom. The largest absolute Gasteiger partial charge is 0.487 e. The van der Waals surface area contributed by atoms with Crippen molar-refractivity contribution in [3.63, 3.8) is 0 Å². The molecule has 0 unspecified atom stereocenters. The van der Waals surface area contributed by atoms with E-state index in [2.05, 4.69) is 4.98 Å². The van der Waals surface area contributed by atoms with Crippen molar-refractivity contribution < 1.29 is 9.53 Å². The van der Waals surface area contributed by atoms with Crippen LogP contribution in [0.2, 0.25) is 0 Å². The third-order valence-corrected chi connectivity index (χ3v) is 3.75. The third-order valence-electron chi connectivity index (χ3n) is 3.75. The lowest BCUT2D eigenvalue weighted by molar-refractivity contribution is 0.0864. The summed E-state index contributed by atoms with van der Waals surface area (Å²) in [6.45, 7) is 0.440. The Labute approximate surface area is 151 Å². The summed E-state index contributed by atoms with van der Waals surface area (Å²) < 4.78 is 5.88. The van der Waals surface area contributed by atoms with Crippen LogP contribution in [0, 0.1) is 5.41 Å². The van der Waals surface area contributed by atoms with Gasteiger partial charge in [0.05, 0.1) is 5.52 Å². The van der Waals surface area contributed by atoms with Crippen molar-refractivity contribution in [3.05, 3.63) is 65.9 Å². The molecule has 0 fully saturated rings. The molecule has 0 aliphatic carbocycles. The quantitative estimate of drug-likeness (QED) is 0.494. The van der Waals surface area contributed by atoms with Gasteiger partial charge in [-0.1, -0.05) is 42.5 Å². The summed E-state index contributed by atoms with van der Waals surface area (Å²) in [5.74, 6) is -0.00667. The summed E-state index contributed by atoms with van der Waals surface area (Å²) in [6, 6.07) is 17.2. The zero-order chi connectivity index (χ0) is 17.1. The molecule has 0 saturated carbocycles. The van der Waals surface area contributed by atoms with E-state index in [1.54, 1.807) is 6.07 Å². The maximum absolute atomic E-state index is 12.3. The Hall–Kier alpha value is -2.99. The second kappa shape index (κ2) is 7.72. The van der Waals surface area contributed by atoms with E-state index in [0.29, 0.717) is 18.1 Å². The molecule has 25 heavy (non-hydrogen) atoms. The Bertz CT molecular complexity index is 892. The van der Waals surface area contributed by atoms with Crippen LogP contribution in [0.3, 0.4) is 0 Å². The summed E-state index contributed by atoms with van der Waals surface area (Å²) >= 11 is 0. The van der Waals surface area contributed by atoms with Crippen molar-refractivity contribution in [3.8, 4) is 5.75 Å². The molecule has 2 aromatic carbocycles. The molecule has 0 aliphatic heterocycles. The molecule has 3 rings (SSSR count). The Morgan fingerprint density at radius 1 is 1.20 bits per heavy atom. The summed E-state index contributed by atoms with van der Waals surface area (Å²) in [5, 5.41) is 8.22.